The van der Waals surface area contributed by atoms with Crippen LogP contribution in [0.2, 0.25) is 0 Å². The first-order valence-electron chi connectivity index (χ1n) is 6.22. The quantitative estimate of drug-likeness (QED) is 0.644. The molecule has 0 bridgehead atoms. The van der Waals surface area contributed by atoms with E-state index in [1.807, 2.05) is 24.3 Å². The molecule has 2 rings (SSSR count). The van der Waals surface area contributed by atoms with Crippen molar-refractivity contribution in [1.29, 1.82) is 0 Å². The maximum atomic E-state index is 3.98. The molecule has 18 heavy (non-hydrogen) atoms. The Labute approximate surface area is 109 Å². The van der Waals surface area contributed by atoms with E-state index in [4.69, 9.17) is 0 Å². The van der Waals surface area contributed by atoms with Gasteiger partial charge in [0.25, 0.3) is 0 Å². The van der Waals surface area contributed by atoms with Gasteiger partial charge in [-0.05, 0) is 11.1 Å². The summed E-state index contributed by atoms with van der Waals surface area (Å²) < 4.78 is 0. The third kappa shape index (κ3) is 2.60. The molecule has 0 unspecified atom stereocenters. The average molecular weight is 234 g/mol. The number of hydrogen-bond donors (Lipinski definition) is 0. The van der Waals surface area contributed by atoms with Crippen LogP contribution in [0.5, 0.6) is 0 Å². The summed E-state index contributed by atoms with van der Waals surface area (Å²) in [6.07, 6.45) is 4.02. The van der Waals surface area contributed by atoms with Gasteiger partial charge >= 0.3 is 0 Å². The molecule has 0 aliphatic heterocycles. The summed E-state index contributed by atoms with van der Waals surface area (Å²) in [5.41, 5.74) is 2.56. The molecule has 0 aliphatic rings. The van der Waals surface area contributed by atoms with Crippen molar-refractivity contribution < 1.29 is 0 Å². The molecule has 0 saturated heterocycles. The minimum atomic E-state index is 0.270. The van der Waals surface area contributed by atoms with Crippen LogP contribution in [0.4, 0.5) is 0 Å². The Kier molecular flexibility index (Phi) is 4.14. The van der Waals surface area contributed by atoms with Crippen LogP contribution in [0.1, 0.15) is 23.0 Å². The monoisotopic (exact) mass is 234 g/mol. The van der Waals surface area contributed by atoms with E-state index in [2.05, 4.69) is 61.7 Å². The van der Waals surface area contributed by atoms with E-state index < -0.39 is 0 Å². The van der Waals surface area contributed by atoms with Crippen LogP contribution in [0.3, 0.4) is 0 Å². The minimum absolute atomic E-state index is 0.270. The zero-order valence-electron chi connectivity index (χ0n) is 10.5. The average Bonchev–Trinajstić information content (AvgIpc) is 2.46. The number of allylic oxidation sites excluding steroid dienone is 2. The highest BCUT2D eigenvalue weighted by Crippen LogP contribution is 2.34. The SMILES string of the molecule is C=C[C@H](c1ccccc1)[C@@H](C=C)c1ccccc1. The van der Waals surface area contributed by atoms with Gasteiger partial charge in [-0.25, -0.2) is 0 Å². The van der Waals surface area contributed by atoms with Crippen molar-refractivity contribution in [3.05, 3.63) is 97.1 Å². The molecule has 2 aromatic rings. The molecular weight excluding hydrogens is 216 g/mol. The van der Waals surface area contributed by atoms with Crippen molar-refractivity contribution in [3.63, 3.8) is 0 Å². The molecule has 0 N–H and O–H groups in total. The van der Waals surface area contributed by atoms with Crippen LogP contribution >= 0.6 is 0 Å². The molecule has 0 fully saturated rings. The largest absolute Gasteiger partial charge is 0.102 e. The van der Waals surface area contributed by atoms with E-state index in [0.29, 0.717) is 0 Å². The molecule has 0 spiro atoms. The molecule has 0 saturated carbocycles. The van der Waals surface area contributed by atoms with Gasteiger partial charge in [-0.2, -0.15) is 0 Å². The molecule has 0 aromatic heterocycles. The van der Waals surface area contributed by atoms with Crippen molar-refractivity contribution in [2.75, 3.05) is 0 Å². The fourth-order valence-corrected chi connectivity index (χ4v) is 2.33. The second kappa shape index (κ2) is 6.02. The number of hydrogen-bond acceptors (Lipinski definition) is 0. The minimum Gasteiger partial charge on any atom is -0.102 e. The second-order valence-corrected chi connectivity index (χ2v) is 4.34. The zero-order valence-corrected chi connectivity index (χ0v) is 10.5. The van der Waals surface area contributed by atoms with Crippen LogP contribution in [0.15, 0.2) is 86.0 Å². The predicted molar refractivity (Wildman–Crippen MR) is 78.8 cm³/mol. The molecule has 0 radical (unpaired) electrons. The Bertz CT molecular complexity index is 447. The van der Waals surface area contributed by atoms with Gasteiger partial charge in [0.1, 0.15) is 0 Å². The smallest absolute Gasteiger partial charge is 0.0119 e. The lowest BCUT2D eigenvalue weighted by atomic mass is 9.81. The molecule has 90 valence electrons. The molecule has 0 heteroatoms. The van der Waals surface area contributed by atoms with Gasteiger partial charge < -0.3 is 0 Å². The Morgan fingerprint density at radius 1 is 0.611 bits per heavy atom. The summed E-state index contributed by atoms with van der Waals surface area (Å²) in [4.78, 5) is 0. The first-order valence-corrected chi connectivity index (χ1v) is 6.22. The molecule has 0 heterocycles. The summed E-state index contributed by atoms with van der Waals surface area (Å²) in [6, 6.07) is 20.9. The summed E-state index contributed by atoms with van der Waals surface area (Å²) in [6.45, 7) is 7.97. The van der Waals surface area contributed by atoms with Crippen molar-refractivity contribution in [1.82, 2.24) is 0 Å². The molecular formula is C18H18. The van der Waals surface area contributed by atoms with E-state index >= 15 is 0 Å². The predicted octanol–water partition coefficient (Wildman–Crippen LogP) is 4.93. The first-order chi connectivity index (χ1) is 8.86. The maximum absolute atomic E-state index is 3.98. The van der Waals surface area contributed by atoms with Crippen molar-refractivity contribution in [2.45, 2.75) is 11.8 Å². The normalized spacial score (nSPS) is 13.6. The van der Waals surface area contributed by atoms with Crippen LogP contribution < -0.4 is 0 Å². The topological polar surface area (TPSA) is 0 Å². The van der Waals surface area contributed by atoms with Crippen LogP contribution in [-0.4, -0.2) is 0 Å². The van der Waals surface area contributed by atoms with Crippen LogP contribution in [-0.2, 0) is 0 Å². The molecule has 0 nitrogen and oxygen atoms in total. The van der Waals surface area contributed by atoms with E-state index in [0.717, 1.165) is 0 Å². The maximum Gasteiger partial charge on any atom is 0.0119 e. The van der Waals surface area contributed by atoms with Gasteiger partial charge in [-0.3, -0.25) is 0 Å². The first kappa shape index (κ1) is 12.4. The Hall–Kier alpha value is -2.08. The fraction of sp³-hybridized carbons (Fsp3) is 0.111. The fourth-order valence-electron chi connectivity index (χ4n) is 2.33. The highest BCUT2D eigenvalue weighted by molar-refractivity contribution is 5.34. The highest BCUT2D eigenvalue weighted by Gasteiger charge is 2.18. The molecule has 0 amide bonds. The summed E-state index contributed by atoms with van der Waals surface area (Å²) in [5, 5.41) is 0. The lowest BCUT2D eigenvalue weighted by molar-refractivity contribution is 0.741. The van der Waals surface area contributed by atoms with Crippen molar-refractivity contribution in [2.24, 2.45) is 0 Å². The standard InChI is InChI=1S/C18H18/c1-3-17(15-11-7-5-8-12-15)18(4-2)16-13-9-6-10-14-16/h3-14,17-18H,1-2H2/t17-,18+. The van der Waals surface area contributed by atoms with Crippen molar-refractivity contribution in [3.8, 4) is 0 Å². The Morgan fingerprint density at radius 3 is 1.22 bits per heavy atom. The second-order valence-electron chi connectivity index (χ2n) is 4.34. The van der Waals surface area contributed by atoms with E-state index in [-0.39, 0.29) is 11.8 Å². The molecule has 2 atom stereocenters. The third-order valence-corrected chi connectivity index (χ3v) is 3.26. The number of benzene rings is 2. The van der Waals surface area contributed by atoms with Gasteiger partial charge in [0.05, 0.1) is 0 Å². The zero-order chi connectivity index (χ0) is 12.8. The van der Waals surface area contributed by atoms with Gasteiger partial charge in [-0.15, -0.1) is 13.2 Å². The van der Waals surface area contributed by atoms with E-state index in [1.165, 1.54) is 11.1 Å². The Balaban J connectivity index is 2.37. The van der Waals surface area contributed by atoms with Gasteiger partial charge in [0.2, 0.25) is 0 Å². The Morgan fingerprint density at radius 2 is 0.944 bits per heavy atom. The van der Waals surface area contributed by atoms with Gasteiger partial charge in [-0.1, -0.05) is 72.8 Å². The third-order valence-electron chi connectivity index (χ3n) is 3.26. The molecule has 2 aromatic carbocycles. The van der Waals surface area contributed by atoms with E-state index in [1.54, 1.807) is 0 Å². The van der Waals surface area contributed by atoms with Crippen LogP contribution in [0.25, 0.3) is 0 Å². The van der Waals surface area contributed by atoms with E-state index in [9.17, 15) is 0 Å². The lowest BCUT2D eigenvalue weighted by Crippen LogP contribution is -2.06. The van der Waals surface area contributed by atoms with Crippen LogP contribution in [0, 0.1) is 0 Å². The van der Waals surface area contributed by atoms with Gasteiger partial charge in [0.15, 0.2) is 0 Å². The summed E-state index contributed by atoms with van der Waals surface area (Å²) >= 11 is 0. The summed E-state index contributed by atoms with van der Waals surface area (Å²) in [5.74, 6) is 0.539. The van der Waals surface area contributed by atoms with Crippen molar-refractivity contribution >= 4 is 0 Å². The highest BCUT2D eigenvalue weighted by atomic mass is 14.2. The number of rotatable bonds is 5. The lowest BCUT2D eigenvalue weighted by Gasteiger charge is -2.22. The molecule has 0 aliphatic carbocycles. The van der Waals surface area contributed by atoms with Gasteiger partial charge in [0, 0.05) is 11.8 Å². The summed E-state index contributed by atoms with van der Waals surface area (Å²) in [7, 11) is 0.